The summed E-state index contributed by atoms with van der Waals surface area (Å²) >= 11 is 1.64. The van der Waals surface area contributed by atoms with Gasteiger partial charge in [-0.15, -0.1) is 11.3 Å². The van der Waals surface area contributed by atoms with E-state index in [9.17, 15) is 4.39 Å². The van der Waals surface area contributed by atoms with Crippen molar-refractivity contribution < 1.29 is 4.39 Å². The molecule has 0 radical (unpaired) electrons. The number of nitrogens with zero attached hydrogens (tertiary/aromatic N) is 1. The first kappa shape index (κ1) is 12.2. The smallest absolute Gasteiger partial charge is 0.123 e. The Morgan fingerprint density at radius 3 is 2.94 bits per heavy atom. The van der Waals surface area contributed by atoms with Crippen LogP contribution in [-0.4, -0.2) is 4.98 Å². The van der Waals surface area contributed by atoms with Crippen molar-refractivity contribution in [3.8, 4) is 0 Å². The van der Waals surface area contributed by atoms with Crippen molar-refractivity contribution in [2.45, 2.75) is 26.4 Å². The molecule has 1 heterocycles. The predicted octanol–water partition coefficient (Wildman–Crippen LogP) is 3.44. The molecular formula is C13H15FN2S. The molecule has 2 aromatic rings. The van der Waals surface area contributed by atoms with Gasteiger partial charge in [0, 0.05) is 18.0 Å². The van der Waals surface area contributed by atoms with E-state index in [-0.39, 0.29) is 11.9 Å². The van der Waals surface area contributed by atoms with Crippen LogP contribution in [0.3, 0.4) is 0 Å². The maximum absolute atomic E-state index is 13.1. The molecule has 1 aromatic heterocycles. The van der Waals surface area contributed by atoms with E-state index < -0.39 is 0 Å². The number of rotatable bonds is 4. The van der Waals surface area contributed by atoms with Crippen LogP contribution in [0.15, 0.2) is 29.6 Å². The maximum Gasteiger partial charge on any atom is 0.123 e. The molecule has 1 atom stereocenters. The number of thiazole rings is 1. The highest BCUT2D eigenvalue weighted by Crippen LogP contribution is 2.15. The van der Waals surface area contributed by atoms with Gasteiger partial charge in [-0.1, -0.05) is 12.1 Å². The summed E-state index contributed by atoms with van der Waals surface area (Å²) in [6.45, 7) is 4.72. The molecule has 0 saturated carbocycles. The van der Waals surface area contributed by atoms with Crippen molar-refractivity contribution in [3.05, 3.63) is 51.7 Å². The topological polar surface area (TPSA) is 24.9 Å². The Hall–Kier alpha value is -1.26. The van der Waals surface area contributed by atoms with Crippen molar-refractivity contribution in [2.24, 2.45) is 0 Å². The Morgan fingerprint density at radius 1 is 1.47 bits per heavy atom. The molecule has 1 unspecified atom stereocenters. The number of halogens is 1. The molecule has 17 heavy (non-hydrogen) atoms. The summed E-state index contributed by atoms with van der Waals surface area (Å²) in [6.07, 6.45) is 0. The summed E-state index contributed by atoms with van der Waals surface area (Å²) in [5, 5.41) is 6.45. The Bertz CT molecular complexity index is 496. The minimum atomic E-state index is -0.194. The van der Waals surface area contributed by atoms with E-state index in [1.165, 1.54) is 6.07 Å². The largest absolute Gasteiger partial charge is 0.305 e. The van der Waals surface area contributed by atoms with Gasteiger partial charge < -0.3 is 5.32 Å². The highest BCUT2D eigenvalue weighted by Gasteiger charge is 2.06. The van der Waals surface area contributed by atoms with Gasteiger partial charge in [0.2, 0.25) is 0 Å². The van der Waals surface area contributed by atoms with E-state index in [0.29, 0.717) is 6.54 Å². The minimum absolute atomic E-state index is 0.118. The van der Waals surface area contributed by atoms with Crippen molar-refractivity contribution in [2.75, 3.05) is 0 Å². The van der Waals surface area contributed by atoms with Gasteiger partial charge in [-0.05, 0) is 31.5 Å². The van der Waals surface area contributed by atoms with Crippen molar-refractivity contribution in [1.29, 1.82) is 0 Å². The molecule has 0 saturated heterocycles. The number of benzene rings is 1. The van der Waals surface area contributed by atoms with Crippen molar-refractivity contribution in [3.63, 3.8) is 0 Å². The molecule has 1 aromatic carbocycles. The lowest BCUT2D eigenvalue weighted by atomic mass is 10.1. The first-order valence-corrected chi connectivity index (χ1v) is 6.43. The molecule has 0 bridgehead atoms. The number of hydrogen-bond donors (Lipinski definition) is 1. The van der Waals surface area contributed by atoms with Crippen LogP contribution in [0, 0.1) is 12.7 Å². The lowest BCUT2D eigenvalue weighted by Crippen LogP contribution is -2.18. The van der Waals surface area contributed by atoms with E-state index in [0.717, 1.165) is 16.3 Å². The normalized spacial score (nSPS) is 12.6. The quantitative estimate of drug-likeness (QED) is 0.899. The molecule has 0 aliphatic rings. The number of aromatic nitrogens is 1. The zero-order chi connectivity index (χ0) is 12.3. The molecule has 2 nitrogen and oxygen atoms in total. The highest BCUT2D eigenvalue weighted by molar-refractivity contribution is 7.09. The number of nitrogens with one attached hydrogen (secondary N) is 1. The Balaban J connectivity index is 1.95. The second kappa shape index (κ2) is 5.38. The van der Waals surface area contributed by atoms with Crippen LogP contribution in [0.2, 0.25) is 0 Å². The zero-order valence-electron chi connectivity index (χ0n) is 9.90. The van der Waals surface area contributed by atoms with Crippen LogP contribution in [0.5, 0.6) is 0 Å². The summed E-state index contributed by atoms with van der Waals surface area (Å²) in [5.74, 6) is -0.194. The predicted molar refractivity (Wildman–Crippen MR) is 68.5 cm³/mol. The number of hydrogen-bond acceptors (Lipinski definition) is 3. The van der Waals surface area contributed by atoms with Crippen LogP contribution in [0.25, 0.3) is 0 Å². The molecule has 1 N–H and O–H groups in total. The second-order valence-electron chi connectivity index (χ2n) is 4.02. The third-order valence-electron chi connectivity index (χ3n) is 2.60. The molecule has 0 amide bonds. The zero-order valence-corrected chi connectivity index (χ0v) is 10.7. The third kappa shape index (κ3) is 3.35. The van der Waals surface area contributed by atoms with Crippen molar-refractivity contribution >= 4 is 11.3 Å². The average Bonchev–Trinajstić information content (AvgIpc) is 2.72. The lowest BCUT2D eigenvalue weighted by Gasteiger charge is -2.13. The van der Waals surface area contributed by atoms with Crippen LogP contribution in [-0.2, 0) is 6.54 Å². The summed E-state index contributed by atoms with van der Waals surface area (Å²) in [6, 6.07) is 6.79. The second-order valence-corrected chi connectivity index (χ2v) is 5.08. The summed E-state index contributed by atoms with van der Waals surface area (Å²) in [7, 11) is 0. The lowest BCUT2D eigenvalue weighted by molar-refractivity contribution is 0.560. The monoisotopic (exact) mass is 250 g/mol. The van der Waals surface area contributed by atoms with Gasteiger partial charge in [-0.2, -0.15) is 0 Å². The van der Waals surface area contributed by atoms with Crippen LogP contribution in [0.1, 0.15) is 29.2 Å². The highest BCUT2D eigenvalue weighted by atomic mass is 32.1. The van der Waals surface area contributed by atoms with Crippen LogP contribution < -0.4 is 5.32 Å². The minimum Gasteiger partial charge on any atom is -0.305 e. The maximum atomic E-state index is 13.1. The average molecular weight is 250 g/mol. The van der Waals surface area contributed by atoms with Crippen LogP contribution >= 0.6 is 11.3 Å². The third-order valence-corrected chi connectivity index (χ3v) is 3.43. The van der Waals surface area contributed by atoms with Gasteiger partial charge >= 0.3 is 0 Å². The molecule has 0 aliphatic heterocycles. The Morgan fingerprint density at radius 2 is 2.29 bits per heavy atom. The van der Waals surface area contributed by atoms with Gasteiger partial charge in [0.1, 0.15) is 5.82 Å². The standard InChI is InChI=1S/C13H15FN2S/c1-9(11-4-3-5-12(14)6-11)15-7-13-8-17-10(2)16-13/h3-6,8-9,15H,7H2,1-2H3. The molecule has 0 spiro atoms. The molecule has 0 aliphatic carbocycles. The van der Waals surface area contributed by atoms with Gasteiger partial charge in [0.25, 0.3) is 0 Å². The summed E-state index contributed by atoms with van der Waals surface area (Å²) < 4.78 is 13.1. The molecule has 4 heteroatoms. The van der Waals surface area contributed by atoms with Gasteiger partial charge in [-0.25, -0.2) is 9.37 Å². The Labute approximate surface area is 105 Å². The van der Waals surface area contributed by atoms with E-state index in [1.807, 2.05) is 25.3 Å². The SMILES string of the molecule is Cc1nc(CNC(C)c2cccc(F)c2)cs1. The first-order chi connectivity index (χ1) is 8.15. The van der Waals surface area contributed by atoms with E-state index in [1.54, 1.807) is 23.5 Å². The van der Waals surface area contributed by atoms with E-state index >= 15 is 0 Å². The molecule has 90 valence electrons. The fourth-order valence-electron chi connectivity index (χ4n) is 1.64. The fourth-order valence-corrected chi connectivity index (χ4v) is 2.25. The van der Waals surface area contributed by atoms with E-state index in [4.69, 9.17) is 0 Å². The number of aryl methyl sites for hydroxylation is 1. The fraction of sp³-hybridized carbons (Fsp3) is 0.308. The van der Waals surface area contributed by atoms with Crippen molar-refractivity contribution in [1.82, 2.24) is 10.3 Å². The first-order valence-electron chi connectivity index (χ1n) is 5.55. The molecule has 0 fully saturated rings. The summed E-state index contributed by atoms with van der Waals surface area (Å²) in [5.41, 5.74) is 1.99. The van der Waals surface area contributed by atoms with Gasteiger partial charge in [0.15, 0.2) is 0 Å². The molecule has 2 rings (SSSR count). The van der Waals surface area contributed by atoms with E-state index in [2.05, 4.69) is 10.3 Å². The van der Waals surface area contributed by atoms with Crippen LogP contribution in [0.4, 0.5) is 4.39 Å². The summed E-state index contributed by atoms with van der Waals surface area (Å²) in [4.78, 5) is 4.38. The van der Waals surface area contributed by atoms with Gasteiger partial charge in [-0.3, -0.25) is 0 Å². The Kier molecular flexibility index (Phi) is 3.86. The van der Waals surface area contributed by atoms with Gasteiger partial charge in [0.05, 0.1) is 10.7 Å². The molecular weight excluding hydrogens is 235 g/mol.